The van der Waals surface area contributed by atoms with Gasteiger partial charge in [0, 0.05) is 10.0 Å². The number of aryl methyl sites for hydroxylation is 1. The van der Waals surface area contributed by atoms with Crippen molar-refractivity contribution in [1.29, 1.82) is 0 Å². The largest absolute Gasteiger partial charge is 0.381 e. The van der Waals surface area contributed by atoms with Crippen LogP contribution in [-0.2, 0) is 11.2 Å². The van der Waals surface area contributed by atoms with Crippen LogP contribution in [0.25, 0.3) is 0 Å². The van der Waals surface area contributed by atoms with Crippen LogP contribution < -0.4 is 11.1 Å². The third-order valence-electron chi connectivity index (χ3n) is 2.48. The Bertz CT molecular complexity index is 463. The zero-order valence-corrected chi connectivity index (χ0v) is 11.5. The molecule has 1 unspecified atom stereocenters. The molecular weight excluding hydrogens is 300 g/mol. The molecule has 2 amide bonds. The maximum Gasteiger partial charge on any atom is 0.251 e. The SMILES string of the molecule is CCc1ccc(Br)cc1C(=O)NCC(O)C(N)=O. The lowest BCUT2D eigenvalue weighted by atomic mass is 10.0. The van der Waals surface area contributed by atoms with E-state index in [0.29, 0.717) is 12.0 Å². The first-order valence-corrected chi connectivity index (χ1v) is 6.29. The highest BCUT2D eigenvalue weighted by atomic mass is 79.9. The fourth-order valence-corrected chi connectivity index (χ4v) is 1.81. The Morgan fingerprint density at radius 1 is 1.50 bits per heavy atom. The summed E-state index contributed by atoms with van der Waals surface area (Å²) in [6.45, 7) is 1.75. The van der Waals surface area contributed by atoms with E-state index in [4.69, 9.17) is 5.73 Å². The molecule has 0 aliphatic rings. The van der Waals surface area contributed by atoms with Gasteiger partial charge in [0.15, 0.2) is 0 Å². The maximum absolute atomic E-state index is 11.9. The van der Waals surface area contributed by atoms with E-state index in [9.17, 15) is 14.7 Å². The summed E-state index contributed by atoms with van der Waals surface area (Å²) in [5, 5.41) is 11.7. The van der Waals surface area contributed by atoms with Crippen molar-refractivity contribution in [3.8, 4) is 0 Å². The Hall–Kier alpha value is -1.40. The summed E-state index contributed by atoms with van der Waals surface area (Å²) in [6, 6.07) is 5.40. The molecule has 5 nitrogen and oxygen atoms in total. The lowest BCUT2D eigenvalue weighted by Gasteiger charge is -2.11. The summed E-state index contributed by atoms with van der Waals surface area (Å²) in [5.74, 6) is -1.20. The normalized spacial score (nSPS) is 11.9. The van der Waals surface area contributed by atoms with Crippen molar-refractivity contribution in [1.82, 2.24) is 5.32 Å². The van der Waals surface area contributed by atoms with Gasteiger partial charge in [-0.3, -0.25) is 9.59 Å². The van der Waals surface area contributed by atoms with E-state index in [1.807, 2.05) is 19.1 Å². The molecule has 0 aliphatic heterocycles. The maximum atomic E-state index is 11.9. The molecular formula is C12H15BrN2O3. The number of aliphatic hydroxyl groups is 1. The lowest BCUT2D eigenvalue weighted by molar-refractivity contribution is -0.125. The van der Waals surface area contributed by atoms with Crippen LogP contribution in [0, 0.1) is 0 Å². The highest BCUT2D eigenvalue weighted by Gasteiger charge is 2.15. The fraction of sp³-hybridized carbons (Fsp3) is 0.333. The molecule has 1 atom stereocenters. The van der Waals surface area contributed by atoms with E-state index in [0.717, 1.165) is 10.0 Å². The summed E-state index contributed by atoms with van der Waals surface area (Å²) < 4.78 is 0.792. The topological polar surface area (TPSA) is 92.4 Å². The summed E-state index contributed by atoms with van der Waals surface area (Å²) in [6.07, 6.45) is -0.653. The third-order valence-corrected chi connectivity index (χ3v) is 2.98. The van der Waals surface area contributed by atoms with Crippen LogP contribution in [0.4, 0.5) is 0 Å². The average Bonchev–Trinajstić information content (AvgIpc) is 2.35. The van der Waals surface area contributed by atoms with E-state index in [2.05, 4.69) is 21.2 Å². The quantitative estimate of drug-likeness (QED) is 0.742. The molecule has 0 fully saturated rings. The summed E-state index contributed by atoms with van der Waals surface area (Å²) in [7, 11) is 0. The Kier molecular flexibility index (Phi) is 5.30. The zero-order valence-electron chi connectivity index (χ0n) is 9.94. The zero-order chi connectivity index (χ0) is 13.7. The van der Waals surface area contributed by atoms with Crippen molar-refractivity contribution in [2.75, 3.05) is 6.54 Å². The van der Waals surface area contributed by atoms with Crippen LogP contribution in [0.1, 0.15) is 22.8 Å². The van der Waals surface area contributed by atoms with Crippen LogP contribution >= 0.6 is 15.9 Å². The van der Waals surface area contributed by atoms with E-state index in [1.165, 1.54) is 0 Å². The van der Waals surface area contributed by atoms with Gasteiger partial charge in [-0.25, -0.2) is 0 Å². The van der Waals surface area contributed by atoms with E-state index in [1.54, 1.807) is 6.07 Å². The Morgan fingerprint density at radius 3 is 2.72 bits per heavy atom. The van der Waals surface area contributed by atoms with Gasteiger partial charge in [0.25, 0.3) is 5.91 Å². The summed E-state index contributed by atoms with van der Waals surface area (Å²) in [5.41, 5.74) is 6.30. The molecule has 1 aromatic rings. The van der Waals surface area contributed by atoms with Crippen molar-refractivity contribution < 1.29 is 14.7 Å². The van der Waals surface area contributed by atoms with Crippen LogP contribution in [-0.4, -0.2) is 29.6 Å². The van der Waals surface area contributed by atoms with E-state index < -0.39 is 12.0 Å². The minimum Gasteiger partial charge on any atom is -0.381 e. The van der Waals surface area contributed by atoms with Crippen LogP contribution in [0.3, 0.4) is 0 Å². The number of carbonyl (C=O) groups excluding carboxylic acids is 2. The van der Waals surface area contributed by atoms with Crippen molar-refractivity contribution in [2.45, 2.75) is 19.4 Å². The van der Waals surface area contributed by atoms with Crippen LogP contribution in [0.15, 0.2) is 22.7 Å². The summed E-state index contributed by atoms with van der Waals surface area (Å²) in [4.78, 5) is 22.5. The molecule has 98 valence electrons. The lowest BCUT2D eigenvalue weighted by Crippen LogP contribution is -2.40. The molecule has 0 spiro atoms. The van der Waals surface area contributed by atoms with Gasteiger partial charge >= 0.3 is 0 Å². The van der Waals surface area contributed by atoms with Crippen LogP contribution in [0.5, 0.6) is 0 Å². The number of hydrogen-bond acceptors (Lipinski definition) is 3. The minimum absolute atomic E-state index is 0.191. The third kappa shape index (κ3) is 3.82. The first kappa shape index (κ1) is 14.7. The molecule has 18 heavy (non-hydrogen) atoms. The van der Waals surface area contributed by atoms with Gasteiger partial charge in [0.2, 0.25) is 5.91 Å². The predicted octanol–water partition coefficient (Wildman–Crippen LogP) is 0.587. The minimum atomic E-state index is -1.37. The highest BCUT2D eigenvalue weighted by Crippen LogP contribution is 2.17. The number of nitrogens with two attached hydrogens (primary N) is 1. The van der Waals surface area contributed by atoms with E-state index >= 15 is 0 Å². The van der Waals surface area contributed by atoms with Gasteiger partial charge in [0.05, 0.1) is 6.54 Å². The fourth-order valence-electron chi connectivity index (χ4n) is 1.45. The van der Waals surface area contributed by atoms with Gasteiger partial charge in [0.1, 0.15) is 6.10 Å². The van der Waals surface area contributed by atoms with Crippen molar-refractivity contribution in [2.24, 2.45) is 5.73 Å². The van der Waals surface area contributed by atoms with Crippen molar-refractivity contribution in [3.05, 3.63) is 33.8 Å². The monoisotopic (exact) mass is 314 g/mol. The van der Waals surface area contributed by atoms with Gasteiger partial charge in [-0.2, -0.15) is 0 Å². The molecule has 0 heterocycles. The number of halogens is 1. The van der Waals surface area contributed by atoms with Crippen molar-refractivity contribution in [3.63, 3.8) is 0 Å². The molecule has 1 rings (SSSR count). The smallest absolute Gasteiger partial charge is 0.251 e. The molecule has 0 bridgehead atoms. The Morgan fingerprint density at radius 2 is 2.17 bits per heavy atom. The Labute approximate surface area is 113 Å². The molecule has 6 heteroatoms. The molecule has 0 saturated heterocycles. The van der Waals surface area contributed by atoms with Gasteiger partial charge in [-0.15, -0.1) is 0 Å². The average molecular weight is 315 g/mol. The number of primary amides is 1. The highest BCUT2D eigenvalue weighted by molar-refractivity contribution is 9.10. The number of aliphatic hydroxyl groups excluding tert-OH is 1. The number of hydrogen-bond donors (Lipinski definition) is 3. The number of nitrogens with one attached hydrogen (secondary N) is 1. The molecule has 0 saturated carbocycles. The molecule has 0 aromatic heterocycles. The Balaban J connectivity index is 2.78. The number of carbonyl (C=O) groups is 2. The van der Waals surface area contributed by atoms with Gasteiger partial charge in [-0.05, 0) is 24.1 Å². The first-order chi connectivity index (χ1) is 8.45. The molecule has 0 aliphatic carbocycles. The number of amides is 2. The van der Waals surface area contributed by atoms with Crippen LogP contribution in [0.2, 0.25) is 0 Å². The van der Waals surface area contributed by atoms with Gasteiger partial charge in [-0.1, -0.05) is 28.9 Å². The van der Waals surface area contributed by atoms with Gasteiger partial charge < -0.3 is 16.2 Å². The summed E-state index contributed by atoms with van der Waals surface area (Å²) >= 11 is 3.29. The molecule has 1 aromatic carbocycles. The standard InChI is InChI=1S/C12H15BrN2O3/c1-2-7-3-4-8(13)5-9(7)12(18)15-6-10(16)11(14)17/h3-5,10,16H,2,6H2,1H3,(H2,14,17)(H,15,18). The molecule has 0 radical (unpaired) electrons. The second-order valence-electron chi connectivity index (χ2n) is 3.78. The van der Waals surface area contributed by atoms with Crippen molar-refractivity contribution >= 4 is 27.7 Å². The second-order valence-corrected chi connectivity index (χ2v) is 4.70. The second kappa shape index (κ2) is 6.51. The first-order valence-electron chi connectivity index (χ1n) is 5.49. The predicted molar refractivity (Wildman–Crippen MR) is 71.1 cm³/mol. The number of rotatable bonds is 5. The number of benzene rings is 1. The van der Waals surface area contributed by atoms with E-state index in [-0.39, 0.29) is 12.5 Å². The molecule has 4 N–H and O–H groups in total.